The number of anilines is 1. The van der Waals surface area contributed by atoms with E-state index in [1.54, 1.807) is 0 Å². The van der Waals surface area contributed by atoms with E-state index in [-0.39, 0.29) is 11.3 Å². The second kappa shape index (κ2) is 7.02. The summed E-state index contributed by atoms with van der Waals surface area (Å²) >= 11 is 0. The van der Waals surface area contributed by atoms with Crippen molar-refractivity contribution in [2.24, 2.45) is 7.05 Å². The van der Waals surface area contributed by atoms with Crippen molar-refractivity contribution < 1.29 is 35.2 Å². The first-order valence-corrected chi connectivity index (χ1v) is 9.13. The van der Waals surface area contributed by atoms with E-state index in [4.69, 9.17) is 0 Å². The molecule has 3 rings (SSSR count). The highest BCUT2D eigenvalue weighted by Gasteiger charge is 2.33. The van der Waals surface area contributed by atoms with Crippen LogP contribution in [-0.4, -0.2) is 31.4 Å². The second-order valence-corrected chi connectivity index (χ2v) is 7.60. The minimum absolute atomic E-state index is 0.182. The van der Waals surface area contributed by atoms with Crippen molar-refractivity contribution in [2.75, 3.05) is 5.32 Å². The molecular weight excluding hydrogens is 409 g/mol. The number of amides is 1. The minimum atomic E-state index is -4.36. The fraction of sp³-hybridized carbons (Fsp3) is 0.188. The number of hydrogen-bond donors (Lipinski definition) is 2. The van der Waals surface area contributed by atoms with Crippen LogP contribution in [0.2, 0.25) is 0 Å². The lowest BCUT2D eigenvalue weighted by atomic mass is 10.1. The van der Waals surface area contributed by atoms with Gasteiger partial charge in [-0.25, -0.2) is 30.4 Å². The van der Waals surface area contributed by atoms with Crippen LogP contribution < -0.4 is 10.0 Å². The molecule has 1 atom stereocenters. The van der Waals surface area contributed by atoms with Gasteiger partial charge in [0.15, 0.2) is 17.5 Å². The number of aryl methyl sites for hydroxylation is 1. The van der Waals surface area contributed by atoms with Crippen molar-refractivity contribution in [3.8, 4) is 0 Å². The molecule has 1 unspecified atom stereocenters. The third kappa shape index (κ3) is 3.52. The van der Waals surface area contributed by atoms with Crippen molar-refractivity contribution in [1.29, 1.82) is 0 Å². The Morgan fingerprint density at radius 2 is 1.82 bits per heavy atom. The SMILES string of the molecule is Cn1cc2c(c1C(=O)Nc1cc(F)c(F)c(F)c1)C=CC(C(F)F)NS2(=O)=O. The number of nitrogens with zero attached hydrogens (tertiary/aromatic N) is 1. The van der Waals surface area contributed by atoms with Crippen molar-refractivity contribution in [3.63, 3.8) is 0 Å². The number of carbonyl (C=O) groups excluding carboxylic acids is 1. The zero-order valence-corrected chi connectivity index (χ0v) is 14.8. The molecule has 0 spiro atoms. The second-order valence-electron chi connectivity index (χ2n) is 5.92. The smallest absolute Gasteiger partial charge is 0.272 e. The molecule has 0 fully saturated rings. The van der Waals surface area contributed by atoms with Gasteiger partial charge < -0.3 is 9.88 Å². The number of rotatable bonds is 3. The van der Waals surface area contributed by atoms with Crippen molar-refractivity contribution in [2.45, 2.75) is 17.4 Å². The monoisotopic (exact) mass is 421 g/mol. The van der Waals surface area contributed by atoms with Gasteiger partial charge in [0.2, 0.25) is 10.0 Å². The Hall–Kier alpha value is -2.73. The van der Waals surface area contributed by atoms with Gasteiger partial charge in [-0.3, -0.25) is 4.79 Å². The summed E-state index contributed by atoms with van der Waals surface area (Å²) in [7, 11) is -3.04. The number of fused-ring (bicyclic) bond motifs is 1. The Bertz CT molecular complexity index is 1070. The largest absolute Gasteiger partial charge is 0.345 e. The highest BCUT2D eigenvalue weighted by molar-refractivity contribution is 7.89. The molecule has 1 aromatic carbocycles. The maximum Gasteiger partial charge on any atom is 0.272 e. The quantitative estimate of drug-likeness (QED) is 0.591. The Balaban J connectivity index is 2.04. The van der Waals surface area contributed by atoms with Crippen LogP contribution in [0.25, 0.3) is 6.08 Å². The zero-order valence-electron chi connectivity index (χ0n) is 14.0. The van der Waals surface area contributed by atoms with E-state index in [0.29, 0.717) is 12.1 Å². The third-order valence-corrected chi connectivity index (χ3v) is 5.45. The Morgan fingerprint density at radius 3 is 2.39 bits per heavy atom. The van der Waals surface area contributed by atoms with E-state index in [9.17, 15) is 35.2 Å². The molecule has 1 amide bonds. The van der Waals surface area contributed by atoms with Gasteiger partial charge in [0.25, 0.3) is 12.3 Å². The average Bonchev–Trinajstić information content (AvgIpc) is 2.87. The average molecular weight is 421 g/mol. The first kappa shape index (κ1) is 20.0. The number of aromatic nitrogens is 1. The van der Waals surface area contributed by atoms with Gasteiger partial charge in [0.1, 0.15) is 16.6 Å². The van der Waals surface area contributed by atoms with Crippen LogP contribution in [0.3, 0.4) is 0 Å². The molecule has 0 bridgehead atoms. The Kier molecular flexibility index (Phi) is 5.02. The Labute approximate surface area is 155 Å². The van der Waals surface area contributed by atoms with Crippen LogP contribution in [0.5, 0.6) is 0 Å². The fourth-order valence-corrected chi connectivity index (χ4v) is 4.13. The lowest BCUT2D eigenvalue weighted by Crippen LogP contribution is -2.37. The molecule has 0 saturated heterocycles. The van der Waals surface area contributed by atoms with Gasteiger partial charge in [-0.15, -0.1) is 0 Å². The predicted octanol–water partition coefficient (Wildman–Crippen LogP) is 2.63. The molecule has 2 heterocycles. The van der Waals surface area contributed by atoms with Crippen LogP contribution in [0.15, 0.2) is 29.3 Å². The standard InChI is InChI=1S/C16H12F5N3O3S/c1-24-6-12-8(2-3-11(15(20)21)23-28(12,26)27)14(24)16(25)22-7-4-9(17)13(19)10(18)5-7/h2-6,11,15,23H,1H3,(H,22,25). The molecule has 1 aliphatic heterocycles. The summed E-state index contributed by atoms with van der Waals surface area (Å²) in [6.45, 7) is 0. The van der Waals surface area contributed by atoms with E-state index < -0.39 is 56.4 Å². The molecule has 2 N–H and O–H groups in total. The molecule has 0 saturated carbocycles. The molecule has 28 heavy (non-hydrogen) atoms. The summed E-state index contributed by atoms with van der Waals surface area (Å²) in [5.41, 5.74) is -0.865. The van der Waals surface area contributed by atoms with Gasteiger partial charge in [-0.05, 0) is 0 Å². The fourth-order valence-electron chi connectivity index (χ4n) is 2.71. The molecule has 0 radical (unpaired) electrons. The predicted molar refractivity (Wildman–Crippen MR) is 88.8 cm³/mol. The summed E-state index contributed by atoms with van der Waals surface area (Å²) in [6.07, 6.45) is -0.0467. The summed E-state index contributed by atoms with van der Waals surface area (Å²) in [5.74, 6) is -5.77. The van der Waals surface area contributed by atoms with Crippen LogP contribution >= 0.6 is 0 Å². The topological polar surface area (TPSA) is 80.2 Å². The highest BCUT2D eigenvalue weighted by atomic mass is 32.2. The van der Waals surface area contributed by atoms with E-state index in [0.717, 1.165) is 22.9 Å². The van der Waals surface area contributed by atoms with Crippen LogP contribution in [0.1, 0.15) is 16.1 Å². The number of benzene rings is 1. The molecule has 2 aromatic rings. The van der Waals surface area contributed by atoms with Crippen LogP contribution in [-0.2, 0) is 17.1 Å². The third-order valence-electron chi connectivity index (χ3n) is 3.96. The summed E-state index contributed by atoms with van der Waals surface area (Å²) < 4.78 is 93.1. The van der Waals surface area contributed by atoms with Gasteiger partial charge in [-0.2, -0.15) is 4.72 Å². The van der Waals surface area contributed by atoms with Gasteiger partial charge in [-0.1, -0.05) is 12.2 Å². The van der Waals surface area contributed by atoms with Crippen LogP contribution in [0, 0.1) is 17.5 Å². The minimum Gasteiger partial charge on any atom is -0.345 e. The van der Waals surface area contributed by atoms with Gasteiger partial charge >= 0.3 is 0 Å². The molecule has 0 aliphatic carbocycles. The molecule has 12 heteroatoms. The molecular formula is C16H12F5N3O3S. The maximum absolute atomic E-state index is 13.3. The number of hydrogen-bond acceptors (Lipinski definition) is 3. The van der Waals surface area contributed by atoms with Crippen molar-refractivity contribution in [1.82, 2.24) is 9.29 Å². The van der Waals surface area contributed by atoms with Crippen molar-refractivity contribution in [3.05, 3.63) is 53.1 Å². The summed E-state index contributed by atoms with van der Waals surface area (Å²) in [5, 5.41) is 2.12. The van der Waals surface area contributed by atoms with Crippen LogP contribution in [0.4, 0.5) is 27.6 Å². The molecule has 6 nitrogen and oxygen atoms in total. The van der Waals surface area contributed by atoms with Gasteiger partial charge in [0, 0.05) is 36.6 Å². The number of nitrogens with one attached hydrogen (secondary N) is 2. The van der Waals surface area contributed by atoms with E-state index in [1.807, 2.05) is 4.72 Å². The first-order chi connectivity index (χ1) is 13.0. The van der Waals surface area contributed by atoms with Gasteiger partial charge in [0.05, 0.1) is 0 Å². The number of halogens is 5. The normalized spacial score (nSPS) is 18.0. The zero-order chi connectivity index (χ0) is 20.8. The van der Waals surface area contributed by atoms with Crippen molar-refractivity contribution >= 4 is 27.7 Å². The van der Waals surface area contributed by atoms with E-state index in [2.05, 4.69) is 5.32 Å². The summed E-state index contributed by atoms with van der Waals surface area (Å²) in [4.78, 5) is 12.1. The highest BCUT2D eigenvalue weighted by Crippen LogP contribution is 2.28. The maximum atomic E-state index is 13.3. The molecule has 150 valence electrons. The Morgan fingerprint density at radius 1 is 1.21 bits per heavy atom. The first-order valence-electron chi connectivity index (χ1n) is 7.65. The number of sulfonamides is 1. The number of alkyl halides is 2. The molecule has 1 aromatic heterocycles. The molecule has 1 aliphatic rings. The summed E-state index contributed by atoms with van der Waals surface area (Å²) in [6, 6.07) is -0.712. The van der Waals surface area contributed by atoms with E-state index in [1.165, 1.54) is 7.05 Å². The van der Waals surface area contributed by atoms with E-state index >= 15 is 0 Å². The number of carbonyl (C=O) groups is 1. The lowest BCUT2D eigenvalue weighted by Gasteiger charge is -2.11. The lowest BCUT2D eigenvalue weighted by molar-refractivity contribution is 0.101.